The Labute approximate surface area is 110 Å². The highest BCUT2D eigenvalue weighted by Crippen LogP contribution is 2.20. The Hall–Kier alpha value is -1.22. The maximum Gasteiger partial charge on any atom is 0.117 e. The van der Waals surface area contributed by atoms with Crippen LogP contribution in [0.5, 0.6) is 5.75 Å². The molecule has 0 aromatic heterocycles. The van der Waals surface area contributed by atoms with Crippen LogP contribution in [0.1, 0.15) is 26.7 Å². The topological polar surface area (TPSA) is 35.5 Å². The van der Waals surface area contributed by atoms with E-state index in [0.29, 0.717) is 11.8 Å². The predicted octanol–water partition coefficient (Wildman–Crippen LogP) is 2.92. The van der Waals surface area contributed by atoms with Crippen LogP contribution < -0.4 is 5.32 Å². The zero-order valence-corrected chi connectivity index (χ0v) is 11.4. The number of phenols is 1. The molecular formula is C15H24N2O. The fraction of sp³-hybridized carbons (Fsp3) is 0.600. The summed E-state index contributed by atoms with van der Waals surface area (Å²) < 4.78 is 0. The van der Waals surface area contributed by atoms with Gasteiger partial charge in [-0.25, -0.2) is 0 Å². The van der Waals surface area contributed by atoms with E-state index in [1.807, 2.05) is 12.1 Å². The van der Waals surface area contributed by atoms with E-state index in [4.69, 9.17) is 0 Å². The van der Waals surface area contributed by atoms with Gasteiger partial charge in [0.05, 0.1) is 0 Å². The largest absolute Gasteiger partial charge is 0.508 e. The molecule has 2 rings (SSSR count). The van der Waals surface area contributed by atoms with E-state index in [-0.39, 0.29) is 0 Å². The summed E-state index contributed by atoms with van der Waals surface area (Å²) in [5.74, 6) is 1.08. The molecule has 0 bridgehead atoms. The zero-order valence-electron chi connectivity index (χ0n) is 11.4. The van der Waals surface area contributed by atoms with Gasteiger partial charge in [0.25, 0.3) is 0 Å². The molecule has 2 N–H and O–H groups in total. The molecule has 0 amide bonds. The molecule has 1 saturated heterocycles. The maximum atomic E-state index is 9.44. The minimum atomic E-state index is 0.331. The Bertz CT molecular complexity index is 371. The van der Waals surface area contributed by atoms with Crippen LogP contribution in [0.15, 0.2) is 24.3 Å². The number of anilines is 1. The van der Waals surface area contributed by atoms with Crippen LogP contribution >= 0.6 is 0 Å². The zero-order chi connectivity index (χ0) is 13.0. The highest BCUT2D eigenvalue weighted by atomic mass is 16.3. The Morgan fingerprint density at radius 3 is 2.67 bits per heavy atom. The Kier molecular flexibility index (Phi) is 4.48. The number of nitrogens with zero attached hydrogens (tertiary/aromatic N) is 1. The number of benzene rings is 1. The van der Waals surface area contributed by atoms with E-state index in [1.165, 1.54) is 32.5 Å². The number of rotatable bonds is 4. The summed E-state index contributed by atoms with van der Waals surface area (Å²) in [7, 11) is 0. The smallest absolute Gasteiger partial charge is 0.117 e. The Balaban J connectivity index is 1.80. The van der Waals surface area contributed by atoms with Crippen LogP contribution in [0.2, 0.25) is 0 Å². The van der Waals surface area contributed by atoms with Crippen LogP contribution in [0.25, 0.3) is 0 Å². The van der Waals surface area contributed by atoms with Gasteiger partial charge in [-0.3, -0.25) is 0 Å². The van der Waals surface area contributed by atoms with Crippen molar-refractivity contribution >= 4 is 5.69 Å². The summed E-state index contributed by atoms with van der Waals surface area (Å²) in [6, 6.07) is 7.93. The number of phenolic OH excluding ortho intramolecular Hbond substituents is 1. The van der Waals surface area contributed by atoms with Crippen LogP contribution in [0.3, 0.4) is 0 Å². The summed E-state index contributed by atoms with van der Waals surface area (Å²) in [4.78, 5) is 2.55. The van der Waals surface area contributed by atoms with Gasteiger partial charge in [-0.05, 0) is 30.9 Å². The van der Waals surface area contributed by atoms with Gasteiger partial charge in [-0.15, -0.1) is 0 Å². The first-order valence-corrected chi connectivity index (χ1v) is 6.91. The van der Waals surface area contributed by atoms with Crippen molar-refractivity contribution in [2.24, 2.45) is 5.92 Å². The second kappa shape index (κ2) is 6.10. The van der Waals surface area contributed by atoms with Gasteiger partial charge in [0, 0.05) is 37.4 Å². The molecule has 0 saturated carbocycles. The standard InChI is InChI=1S/C15H24N2O/c1-12(2)11-17-8-6-13(7-9-17)16-14-4-3-5-15(18)10-14/h3-5,10,12-13,16,18H,6-9,11H2,1-2H3. The molecule has 1 aromatic rings. The van der Waals surface area contributed by atoms with Crippen molar-refractivity contribution in [3.8, 4) is 5.75 Å². The summed E-state index contributed by atoms with van der Waals surface area (Å²) in [6.45, 7) is 8.11. The average molecular weight is 248 g/mol. The second-order valence-electron chi connectivity index (χ2n) is 5.66. The van der Waals surface area contributed by atoms with Gasteiger partial charge < -0.3 is 15.3 Å². The van der Waals surface area contributed by atoms with E-state index < -0.39 is 0 Å². The van der Waals surface area contributed by atoms with Crippen LogP contribution in [-0.2, 0) is 0 Å². The first-order valence-electron chi connectivity index (χ1n) is 6.91. The van der Waals surface area contributed by atoms with Crippen molar-refractivity contribution in [3.63, 3.8) is 0 Å². The molecule has 3 nitrogen and oxygen atoms in total. The lowest BCUT2D eigenvalue weighted by atomic mass is 10.0. The van der Waals surface area contributed by atoms with Gasteiger partial charge in [0.1, 0.15) is 5.75 Å². The van der Waals surface area contributed by atoms with Gasteiger partial charge in [-0.2, -0.15) is 0 Å². The number of hydrogen-bond acceptors (Lipinski definition) is 3. The highest BCUT2D eigenvalue weighted by molar-refractivity contribution is 5.48. The lowest BCUT2D eigenvalue weighted by molar-refractivity contribution is 0.198. The third-order valence-electron chi connectivity index (χ3n) is 3.43. The predicted molar refractivity (Wildman–Crippen MR) is 76.0 cm³/mol. The summed E-state index contributed by atoms with van der Waals surface area (Å²) >= 11 is 0. The Morgan fingerprint density at radius 1 is 1.33 bits per heavy atom. The van der Waals surface area contributed by atoms with Crippen molar-refractivity contribution in [1.29, 1.82) is 0 Å². The molecule has 0 unspecified atom stereocenters. The summed E-state index contributed by atoms with van der Waals surface area (Å²) in [5, 5.41) is 12.9. The van der Waals surface area contributed by atoms with E-state index in [2.05, 4.69) is 24.1 Å². The van der Waals surface area contributed by atoms with E-state index in [9.17, 15) is 5.11 Å². The van der Waals surface area contributed by atoms with Crippen molar-refractivity contribution in [2.45, 2.75) is 32.7 Å². The SMILES string of the molecule is CC(C)CN1CCC(Nc2cccc(O)c2)CC1. The average Bonchev–Trinajstić information content (AvgIpc) is 2.31. The molecule has 0 aliphatic carbocycles. The number of aromatic hydroxyl groups is 1. The van der Waals surface area contributed by atoms with Crippen molar-refractivity contribution in [3.05, 3.63) is 24.3 Å². The van der Waals surface area contributed by atoms with Crippen molar-refractivity contribution < 1.29 is 5.11 Å². The normalized spacial score (nSPS) is 18.2. The van der Waals surface area contributed by atoms with E-state index in [1.54, 1.807) is 12.1 Å². The fourth-order valence-electron chi connectivity index (χ4n) is 2.61. The quantitative estimate of drug-likeness (QED) is 0.860. The molecule has 0 spiro atoms. The molecule has 0 radical (unpaired) electrons. The molecular weight excluding hydrogens is 224 g/mol. The van der Waals surface area contributed by atoms with Gasteiger partial charge in [0.2, 0.25) is 0 Å². The Morgan fingerprint density at radius 2 is 2.06 bits per heavy atom. The lowest BCUT2D eigenvalue weighted by Gasteiger charge is -2.33. The first-order chi connectivity index (χ1) is 8.63. The minimum Gasteiger partial charge on any atom is -0.508 e. The molecule has 0 atom stereocenters. The molecule has 1 aliphatic heterocycles. The van der Waals surface area contributed by atoms with Gasteiger partial charge in [-0.1, -0.05) is 19.9 Å². The van der Waals surface area contributed by atoms with Gasteiger partial charge in [0.15, 0.2) is 0 Å². The van der Waals surface area contributed by atoms with E-state index in [0.717, 1.165) is 11.6 Å². The maximum absolute atomic E-state index is 9.44. The summed E-state index contributed by atoms with van der Waals surface area (Å²) in [5.41, 5.74) is 1.03. The highest BCUT2D eigenvalue weighted by Gasteiger charge is 2.19. The fourth-order valence-corrected chi connectivity index (χ4v) is 2.61. The molecule has 18 heavy (non-hydrogen) atoms. The third-order valence-corrected chi connectivity index (χ3v) is 3.43. The molecule has 1 heterocycles. The monoisotopic (exact) mass is 248 g/mol. The molecule has 1 aromatic carbocycles. The lowest BCUT2D eigenvalue weighted by Crippen LogP contribution is -2.40. The molecule has 1 aliphatic rings. The van der Waals surface area contributed by atoms with Crippen LogP contribution in [0, 0.1) is 5.92 Å². The van der Waals surface area contributed by atoms with Crippen LogP contribution in [0.4, 0.5) is 5.69 Å². The number of piperidine rings is 1. The summed E-state index contributed by atoms with van der Waals surface area (Å²) in [6.07, 6.45) is 2.37. The second-order valence-corrected chi connectivity index (χ2v) is 5.66. The molecule has 100 valence electrons. The number of likely N-dealkylation sites (tertiary alicyclic amines) is 1. The van der Waals surface area contributed by atoms with Gasteiger partial charge >= 0.3 is 0 Å². The van der Waals surface area contributed by atoms with E-state index >= 15 is 0 Å². The number of nitrogens with one attached hydrogen (secondary N) is 1. The third kappa shape index (κ3) is 3.91. The van der Waals surface area contributed by atoms with Crippen LogP contribution in [-0.4, -0.2) is 35.7 Å². The van der Waals surface area contributed by atoms with Crippen molar-refractivity contribution in [2.75, 3.05) is 25.0 Å². The molecule has 3 heteroatoms. The molecule has 1 fully saturated rings. The van der Waals surface area contributed by atoms with Crippen molar-refractivity contribution in [1.82, 2.24) is 4.90 Å². The number of hydrogen-bond donors (Lipinski definition) is 2. The first kappa shape index (κ1) is 13.2. The minimum absolute atomic E-state index is 0.331.